The predicted molar refractivity (Wildman–Crippen MR) is 94.9 cm³/mol. The quantitative estimate of drug-likeness (QED) is 0.862. The summed E-state index contributed by atoms with van der Waals surface area (Å²) < 4.78 is 0. The summed E-state index contributed by atoms with van der Waals surface area (Å²) in [4.78, 5) is 16.6. The number of nitrogen functional groups attached to an aromatic ring is 1. The van der Waals surface area contributed by atoms with Crippen LogP contribution >= 0.6 is 0 Å². The summed E-state index contributed by atoms with van der Waals surface area (Å²) in [5.41, 5.74) is 9.66. The van der Waals surface area contributed by atoms with Crippen LogP contribution in [-0.4, -0.2) is 37.0 Å². The Labute approximate surface area is 141 Å². The highest BCUT2D eigenvalue weighted by Gasteiger charge is 2.23. The van der Waals surface area contributed by atoms with Crippen LogP contribution in [0, 0.1) is 18.3 Å². The zero-order valence-corrected chi connectivity index (χ0v) is 13.7. The Morgan fingerprint density at radius 3 is 2.38 bits per heavy atom. The fraction of sp³-hybridized carbons (Fsp3) is 0.263. The number of rotatable bonds is 2. The van der Waals surface area contributed by atoms with Gasteiger partial charge in [-0.25, -0.2) is 0 Å². The lowest BCUT2D eigenvalue weighted by molar-refractivity contribution is 0.0747. The fourth-order valence-electron chi connectivity index (χ4n) is 2.95. The van der Waals surface area contributed by atoms with E-state index in [0.29, 0.717) is 37.4 Å². The van der Waals surface area contributed by atoms with Crippen molar-refractivity contribution >= 4 is 17.3 Å². The van der Waals surface area contributed by atoms with Gasteiger partial charge in [0.05, 0.1) is 11.3 Å². The number of piperazine rings is 1. The van der Waals surface area contributed by atoms with Gasteiger partial charge in [0.2, 0.25) is 0 Å². The highest BCUT2D eigenvalue weighted by atomic mass is 16.2. The second-order valence-electron chi connectivity index (χ2n) is 6.03. The zero-order valence-electron chi connectivity index (χ0n) is 13.7. The summed E-state index contributed by atoms with van der Waals surface area (Å²) in [7, 11) is 0. The lowest BCUT2D eigenvalue weighted by Crippen LogP contribution is -2.49. The number of nitriles is 1. The summed E-state index contributed by atoms with van der Waals surface area (Å²) in [5.74, 6) is 0.0625. The lowest BCUT2D eigenvalue weighted by Gasteiger charge is -2.36. The molecule has 1 saturated heterocycles. The van der Waals surface area contributed by atoms with E-state index >= 15 is 0 Å². The molecule has 2 aromatic rings. The minimum atomic E-state index is 0.0625. The maximum atomic E-state index is 12.6. The van der Waals surface area contributed by atoms with Gasteiger partial charge in [-0.2, -0.15) is 5.26 Å². The van der Waals surface area contributed by atoms with Crippen LogP contribution in [0.25, 0.3) is 0 Å². The summed E-state index contributed by atoms with van der Waals surface area (Å²) >= 11 is 0. The molecule has 0 atom stereocenters. The van der Waals surface area contributed by atoms with Gasteiger partial charge in [-0.15, -0.1) is 0 Å². The third kappa shape index (κ3) is 3.18. The van der Waals surface area contributed by atoms with Crippen molar-refractivity contribution in [3.63, 3.8) is 0 Å². The number of nitrogens with zero attached hydrogens (tertiary/aromatic N) is 3. The van der Waals surface area contributed by atoms with Gasteiger partial charge in [0, 0.05) is 37.4 Å². The Bertz CT molecular complexity index is 784. The van der Waals surface area contributed by atoms with Gasteiger partial charge in [-0.3, -0.25) is 4.79 Å². The van der Waals surface area contributed by atoms with Gasteiger partial charge >= 0.3 is 0 Å². The van der Waals surface area contributed by atoms with Gasteiger partial charge in [0.25, 0.3) is 5.91 Å². The Kier molecular flexibility index (Phi) is 4.39. The van der Waals surface area contributed by atoms with Crippen LogP contribution in [-0.2, 0) is 0 Å². The molecule has 0 spiro atoms. The van der Waals surface area contributed by atoms with E-state index in [1.165, 1.54) is 0 Å². The molecule has 24 heavy (non-hydrogen) atoms. The SMILES string of the molecule is Cc1ccc(C(=O)N2CCN(c3ccc(N)cc3C#N)CC2)cc1. The predicted octanol–water partition coefficient (Wildman–Crippen LogP) is 2.41. The standard InChI is InChI=1S/C19H20N4O/c1-14-2-4-15(5-3-14)19(24)23-10-8-22(9-11-23)18-7-6-17(21)12-16(18)13-20/h2-7,12H,8-11,21H2,1H3. The van der Waals surface area contributed by atoms with Crippen LogP contribution in [0.5, 0.6) is 0 Å². The molecule has 122 valence electrons. The highest BCUT2D eigenvalue weighted by Crippen LogP contribution is 2.24. The molecular weight excluding hydrogens is 300 g/mol. The van der Waals surface area contributed by atoms with Crippen LogP contribution in [0.4, 0.5) is 11.4 Å². The summed E-state index contributed by atoms with van der Waals surface area (Å²) in [6.45, 7) is 4.70. The number of amides is 1. The lowest BCUT2D eigenvalue weighted by atomic mass is 10.1. The molecule has 0 saturated carbocycles. The topological polar surface area (TPSA) is 73.4 Å². The first-order valence-electron chi connectivity index (χ1n) is 7.99. The van der Waals surface area contributed by atoms with Crippen molar-refractivity contribution in [2.75, 3.05) is 36.8 Å². The van der Waals surface area contributed by atoms with E-state index in [4.69, 9.17) is 5.73 Å². The van der Waals surface area contributed by atoms with Gasteiger partial charge in [-0.05, 0) is 37.3 Å². The van der Waals surface area contributed by atoms with Crippen LogP contribution < -0.4 is 10.6 Å². The minimum absolute atomic E-state index is 0.0625. The number of hydrogen-bond donors (Lipinski definition) is 1. The molecule has 0 aliphatic carbocycles. The van der Waals surface area contributed by atoms with E-state index in [-0.39, 0.29) is 5.91 Å². The van der Waals surface area contributed by atoms with E-state index in [9.17, 15) is 10.1 Å². The number of aryl methyl sites for hydroxylation is 1. The maximum absolute atomic E-state index is 12.6. The molecular formula is C19H20N4O. The highest BCUT2D eigenvalue weighted by molar-refractivity contribution is 5.94. The van der Waals surface area contributed by atoms with E-state index in [2.05, 4.69) is 11.0 Å². The summed E-state index contributed by atoms with van der Waals surface area (Å²) in [5, 5.41) is 9.29. The Balaban J connectivity index is 1.69. The molecule has 5 heteroatoms. The fourth-order valence-corrected chi connectivity index (χ4v) is 2.95. The third-order valence-corrected chi connectivity index (χ3v) is 4.35. The van der Waals surface area contributed by atoms with Gasteiger partial charge in [0.15, 0.2) is 0 Å². The average Bonchev–Trinajstić information content (AvgIpc) is 2.62. The molecule has 0 aromatic heterocycles. The average molecular weight is 320 g/mol. The molecule has 1 aliphatic rings. The maximum Gasteiger partial charge on any atom is 0.253 e. The Hall–Kier alpha value is -3.00. The molecule has 1 aliphatic heterocycles. The van der Waals surface area contributed by atoms with Gasteiger partial charge in [0.1, 0.15) is 6.07 Å². The third-order valence-electron chi connectivity index (χ3n) is 4.35. The first-order valence-corrected chi connectivity index (χ1v) is 7.99. The number of anilines is 2. The van der Waals surface area contributed by atoms with Crippen molar-refractivity contribution in [3.8, 4) is 6.07 Å². The van der Waals surface area contributed by atoms with Gasteiger partial charge in [-0.1, -0.05) is 17.7 Å². The van der Waals surface area contributed by atoms with E-state index in [1.54, 1.807) is 12.1 Å². The first kappa shape index (κ1) is 15.9. The van der Waals surface area contributed by atoms with Crippen LogP contribution in [0.15, 0.2) is 42.5 Å². The van der Waals surface area contributed by atoms with Gasteiger partial charge < -0.3 is 15.5 Å². The smallest absolute Gasteiger partial charge is 0.253 e. The largest absolute Gasteiger partial charge is 0.399 e. The van der Waals surface area contributed by atoms with E-state index < -0.39 is 0 Å². The monoisotopic (exact) mass is 320 g/mol. The van der Waals surface area contributed by atoms with Crippen molar-refractivity contribution in [2.24, 2.45) is 0 Å². The second-order valence-corrected chi connectivity index (χ2v) is 6.03. The van der Waals surface area contributed by atoms with Crippen molar-refractivity contribution in [2.45, 2.75) is 6.92 Å². The number of benzene rings is 2. The molecule has 1 amide bonds. The molecule has 3 rings (SSSR count). The Morgan fingerprint density at radius 1 is 1.08 bits per heavy atom. The first-order chi connectivity index (χ1) is 11.6. The molecule has 0 radical (unpaired) electrons. The molecule has 1 fully saturated rings. The minimum Gasteiger partial charge on any atom is -0.399 e. The van der Waals surface area contributed by atoms with Crippen molar-refractivity contribution in [1.82, 2.24) is 4.90 Å². The number of hydrogen-bond acceptors (Lipinski definition) is 4. The second kappa shape index (κ2) is 6.63. The number of carbonyl (C=O) groups excluding carboxylic acids is 1. The van der Waals surface area contributed by atoms with Crippen LogP contribution in [0.2, 0.25) is 0 Å². The zero-order chi connectivity index (χ0) is 17.1. The Morgan fingerprint density at radius 2 is 1.75 bits per heavy atom. The van der Waals surface area contributed by atoms with Crippen molar-refractivity contribution in [3.05, 3.63) is 59.2 Å². The van der Waals surface area contributed by atoms with Crippen LogP contribution in [0.3, 0.4) is 0 Å². The molecule has 1 heterocycles. The number of nitrogens with two attached hydrogens (primary N) is 1. The molecule has 2 aromatic carbocycles. The molecule has 0 bridgehead atoms. The summed E-state index contributed by atoms with van der Waals surface area (Å²) in [6.07, 6.45) is 0. The molecule has 2 N–H and O–H groups in total. The molecule has 5 nitrogen and oxygen atoms in total. The van der Waals surface area contributed by atoms with Crippen LogP contribution in [0.1, 0.15) is 21.5 Å². The van der Waals surface area contributed by atoms with Crippen molar-refractivity contribution < 1.29 is 4.79 Å². The molecule has 0 unspecified atom stereocenters. The normalized spacial score (nSPS) is 14.3. The summed E-state index contributed by atoms with van der Waals surface area (Å²) in [6, 6.07) is 15.2. The van der Waals surface area contributed by atoms with E-state index in [1.807, 2.05) is 42.2 Å². The van der Waals surface area contributed by atoms with Crippen molar-refractivity contribution in [1.29, 1.82) is 5.26 Å². The number of carbonyl (C=O) groups is 1. The van der Waals surface area contributed by atoms with E-state index in [0.717, 1.165) is 16.8 Å².